The van der Waals surface area contributed by atoms with Gasteiger partial charge in [-0.3, -0.25) is 0 Å². The smallest absolute Gasteiger partial charge is 0.337 e. The van der Waals surface area contributed by atoms with E-state index in [-0.39, 0.29) is 17.7 Å². The molecule has 2 aromatic rings. The summed E-state index contributed by atoms with van der Waals surface area (Å²) in [5.74, 6) is -2.32. The van der Waals surface area contributed by atoms with Crippen LogP contribution in [0.15, 0.2) is 24.3 Å². The first-order valence-electron chi connectivity index (χ1n) is 5.74. The van der Waals surface area contributed by atoms with Gasteiger partial charge in [-0.2, -0.15) is 0 Å². The minimum Gasteiger partial charge on any atom is -0.478 e. The van der Waals surface area contributed by atoms with Gasteiger partial charge in [0.25, 0.3) is 0 Å². The van der Waals surface area contributed by atoms with E-state index < -0.39 is 17.6 Å². The van der Waals surface area contributed by atoms with Crippen molar-refractivity contribution >= 4 is 5.97 Å². The molecule has 0 aliphatic carbocycles. The van der Waals surface area contributed by atoms with Crippen LogP contribution in [0.25, 0.3) is 0 Å². The lowest BCUT2D eigenvalue weighted by atomic mass is 10.2. The van der Waals surface area contributed by atoms with E-state index in [2.05, 4.69) is 0 Å². The third-order valence-electron chi connectivity index (χ3n) is 3.18. The van der Waals surface area contributed by atoms with Crippen molar-refractivity contribution in [3.63, 3.8) is 0 Å². The van der Waals surface area contributed by atoms with Gasteiger partial charge in [0.05, 0.1) is 12.1 Å². The summed E-state index contributed by atoms with van der Waals surface area (Å²) >= 11 is 0. The molecule has 0 unspecified atom stereocenters. The summed E-state index contributed by atoms with van der Waals surface area (Å²) < 4.78 is 28.8. The number of aromatic carboxylic acids is 1. The van der Waals surface area contributed by atoms with Crippen LogP contribution in [0.5, 0.6) is 0 Å². The Kier molecular flexibility index (Phi) is 3.38. The average Bonchev–Trinajstić information content (AvgIpc) is 2.61. The van der Waals surface area contributed by atoms with Crippen molar-refractivity contribution in [2.75, 3.05) is 0 Å². The van der Waals surface area contributed by atoms with Gasteiger partial charge in [0.2, 0.25) is 0 Å². The maximum Gasteiger partial charge on any atom is 0.337 e. The molecule has 0 amide bonds. The van der Waals surface area contributed by atoms with Gasteiger partial charge in [0.15, 0.2) is 0 Å². The van der Waals surface area contributed by atoms with Crippen LogP contribution in [0.1, 0.15) is 27.3 Å². The van der Waals surface area contributed by atoms with Gasteiger partial charge in [0, 0.05) is 17.0 Å². The molecule has 0 fully saturated rings. The standard InChI is InChI=1S/C14H13F2NO2/c1-8-6-10(14(18)19)9(2)17(8)7-11-12(15)4-3-5-13(11)16/h3-6H,7H2,1-2H3,(H,18,19). The molecule has 2 rings (SSSR count). The molecule has 0 saturated heterocycles. The number of hydrogen-bond acceptors (Lipinski definition) is 1. The zero-order chi connectivity index (χ0) is 14.2. The van der Waals surface area contributed by atoms with E-state index >= 15 is 0 Å². The van der Waals surface area contributed by atoms with Crippen LogP contribution in [0, 0.1) is 25.5 Å². The molecule has 19 heavy (non-hydrogen) atoms. The molecular weight excluding hydrogens is 252 g/mol. The van der Waals surface area contributed by atoms with E-state index in [1.807, 2.05) is 0 Å². The molecule has 1 aromatic carbocycles. The van der Waals surface area contributed by atoms with Crippen LogP contribution in [-0.4, -0.2) is 15.6 Å². The Bertz CT molecular complexity index is 627. The summed E-state index contributed by atoms with van der Waals surface area (Å²) in [7, 11) is 0. The summed E-state index contributed by atoms with van der Waals surface area (Å²) in [6, 6.07) is 5.16. The third-order valence-corrected chi connectivity index (χ3v) is 3.18. The molecular formula is C14H13F2NO2. The van der Waals surface area contributed by atoms with E-state index in [1.54, 1.807) is 18.4 Å². The molecule has 0 aliphatic rings. The molecule has 0 spiro atoms. The molecule has 1 aromatic heterocycles. The van der Waals surface area contributed by atoms with Crippen LogP contribution >= 0.6 is 0 Å². The van der Waals surface area contributed by atoms with Gasteiger partial charge in [-0.15, -0.1) is 0 Å². The maximum absolute atomic E-state index is 13.6. The lowest BCUT2D eigenvalue weighted by Crippen LogP contribution is -2.09. The van der Waals surface area contributed by atoms with Crippen molar-refractivity contribution in [1.29, 1.82) is 0 Å². The summed E-state index contributed by atoms with van der Waals surface area (Å²) in [5.41, 5.74) is 1.21. The highest BCUT2D eigenvalue weighted by atomic mass is 19.1. The third kappa shape index (κ3) is 2.36. The predicted octanol–water partition coefficient (Wildman–Crippen LogP) is 3.13. The molecule has 0 bridgehead atoms. The second-order valence-electron chi connectivity index (χ2n) is 4.38. The number of halogens is 2. The monoisotopic (exact) mass is 265 g/mol. The summed E-state index contributed by atoms with van der Waals surface area (Å²) in [6.45, 7) is 3.30. The fraction of sp³-hybridized carbons (Fsp3) is 0.214. The Morgan fingerprint density at radius 1 is 1.26 bits per heavy atom. The van der Waals surface area contributed by atoms with E-state index in [1.165, 1.54) is 24.3 Å². The van der Waals surface area contributed by atoms with Crippen molar-refractivity contribution in [3.05, 3.63) is 58.4 Å². The zero-order valence-corrected chi connectivity index (χ0v) is 10.6. The van der Waals surface area contributed by atoms with Gasteiger partial charge < -0.3 is 9.67 Å². The van der Waals surface area contributed by atoms with Crippen molar-refractivity contribution in [2.24, 2.45) is 0 Å². The number of carboxylic acid groups (broad SMARTS) is 1. The number of hydrogen-bond donors (Lipinski definition) is 1. The minimum absolute atomic E-state index is 0.0244. The van der Waals surface area contributed by atoms with Gasteiger partial charge in [0.1, 0.15) is 11.6 Å². The number of carbonyl (C=O) groups is 1. The van der Waals surface area contributed by atoms with Gasteiger partial charge in [-0.25, -0.2) is 13.6 Å². The van der Waals surface area contributed by atoms with Crippen molar-refractivity contribution in [2.45, 2.75) is 20.4 Å². The quantitative estimate of drug-likeness (QED) is 0.926. The molecule has 3 nitrogen and oxygen atoms in total. The fourth-order valence-electron chi connectivity index (χ4n) is 2.10. The van der Waals surface area contributed by atoms with E-state index in [0.29, 0.717) is 11.4 Å². The molecule has 1 N–H and O–H groups in total. The van der Waals surface area contributed by atoms with Crippen LogP contribution in [-0.2, 0) is 6.54 Å². The topological polar surface area (TPSA) is 42.2 Å². The molecule has 0 atom stereocenters. The summed E-state index contributed by atoms with van der Waals surface area (Å²) in [6.07, 6.45) is 0. The molecule has 0 saturated carbocycles. The van der Waals surface area contributed by atoms with Crippen LogP contribution in [0.3, 0.4) is 0 Å². The highest BCUT2D eigenvalue weighted by Gasteiger charge is 2.17. The first-order chi connectivity index (χ1) is 8.91. The Morgan fingerprint density at radius 2 is 1.84 bits per heavy atom. The normalized spacial score (nSPS) is 10.7. The van der Waals surface area contributed by atoms with Gasteiger partial charge >= 0.3 is 5.97 Å². The molecule has 100 valence electrons. The number of nitrogens with zero attached hydrogens (tertiary/aromatic N) is 1. The molecule has 1 heterocycles. The average molecular weight is 265 g/mol. The number of aromatic nitrogens is 1. The van der Waals surface area contributed by atoms with E-state index in [4.69, 9.17) is 5.11 Å². The first-order valence-corrected chi connectivity index (χ1v) is 5.74. The van der Waals surface area contributed by atoms with Crippen LogP contribution < -0.4 is 0 Å². The fourth-order valence-corrected chi connectivity index (χ4v) is 2.10. The Hall–Kier alpha value is -2.17. The number of rotatable bonds is 3. The predicted molar refractivity (Wildman–Crippen MR) is 66.3 cm³/mol. The second-order valence-corrected chi connectivity index (χ2v) is 4.38. The first kappa shape index (κ1) is 13.3. The Morgan fingerprint density at radius 3 is 2.32 bits per heavy atom. The lowest BCUT2D eigenvalue weighted by Gasteiger charge is -2.11. The Balaban J connectivity index is 2.47. The van der Waals surface area contributed by atoms with Crippen molar-refractivity contribution in [1.82, 2.24) is 4.57 Å². The minimum atomic E-state index is -1.05. The summed E-state index contributed by atoms with van der Waals surface area (Å²) in [4.78, 5) is 11.0. The van der Waals surface area contributed by atoms with E-state index in [9.17, 15) is 13.6 Å². The van der Waals surface area contributed by atoms with Crippen molar-refractivity contribution in [3.8, 4) is 0 Å². The highest BCUT2D eigenvalue weighted by molar-refractivity contribution is 5.89. The van der Waals surface area contributed by atoms with E-state index in [0.717, 1.165) is 0 Å². The maximum atomic E-state index is 13.6. The number of carboxylic acids is 1. The molecule has 0 aliphatic heterocycles. The molecule has 0 radical (unpaired) electrons. The van der Waals surface area contributed by atoms with Crippen molar-refractivity contribution < 1.29 is 18.7 Å². The zero-order valence-electron chi connectivity index (χ0n) is 10.6. The van der Waals surface area contributed by atoms with Gasteiger partial charge in [-0.1, -0.05) is 6.07 Å². The van der Waals surface area contributed by atoms with Crippen LogP contribution in [0.4, 0.5) is 8.78 Å². The summed E-state index contributed by atoms with van der Waals surface area (Å²) in [5, 5.41) is 9.02. The Labute approximate surface area is 109 Å². The molecule has 5 heteroatoms. The van der Waals surface area contributed by atoms with Crippen LogP contribution in [0.2, 0.25) is 0 Å². The lowest BCUT2D eigenvalue weighted by molar-refractivity contribution is 0.0696. The number of benzene rings is 1. The largest absolute Gasteiger partial charge is 0.478 e. The number of aryl methyl sites for hydroxylation is 1. The SMILES string of the molecule is Cc1cc(C(=O)O)c(C)n1Cc1c(F)cccc1F. The van der Waals surface area contributed by atoms with Gasteiger partial charge in [-0.05, 0) is 32.0 Å². The highest BCUT2D eigenvalue weighted by Crippen LogP contribution is 2.20. The second kappa shape index (κ2) is 4.84.